The van der Waals surface area contributed by atoms with Crippen molar-refractivity contribution in [3.8, 4) is 0 Å². The van der Waals surface area contributed by atoms with Crippen molar-refractivity contribution in [1.82, 2.24) is 5.32 Å². The fourth-order valence-corrected chi connectivity index (χ4v) is 2.68. The second-order valence-corrected chi connectivity index (χ2v) is 5.77. The van der Waals surface area contributed by atoms with Crippen molar-refractivity contribution in [1.29, 1.82) is 0 Å². The van der Waals surface area contributed by atoms with Crippen LogP contribution >= 0.6 is 27.5 Å². The van der Waals surface area contributed by atoms with Crippen LogP contribution in [0, 0.1) is 17.5 Å². The molecular weight excluding hydrogens is 367 g/mol. The normalized spacial score (nSPS) is 12.5. The van der Waals surface area contributed by atoms with Gasteiger partial charge in [-0.05, 0) is 36.4 Å². The zero-order chi connectivity index (χ0) is 15.6. The molecule has 1 atom stereocenters. The van der Waals surface area contributed by atoms with Gasteiger partial charge in [0.1, 0.15) is 5.82 Å². The van der Waals surface area contributed by atoms with E-state index in [1.807, 2.05) is 6.92 Å². The minimum absolute atomic E-state index is 0.0437. The van der Waals surface area contributed by atoms with E-state index in [-0.39, 0.29) is 5.02 Å². The molecule has 0 saturated heterocycles. The fourth-order valence-electron chi connectivity index (χ4n) is 2.09. The molecule has 0 aromatic heterocycles. The number of hydrogen-bond donors (Lipinski definition) is 1. The van der Waals surface area contributed by atoms with Crippen LogP contribution < -0.4 is 5.32 Å². The summed E-state index contributed by atoms with van der Waals surface area (Å²) in [5.41, 5.74) is 0.603. The molecule has 0 heterocycles. The molecule has 1 N–H and O–H groups in total. The van der Waals surface area contributed by atoms with Crippen molar-refractivity contribution < 1.29 is 13.2 Å². The van der Waals surface area contributed by atoms with Crippen LogP contribution in [0.2, 0.25) is 5.02 Å². The van der Waals surface area contributed by atoms with Gasteiger partial charge >= 0.3 is 0 Å². The molecule has 0 aliphatic heterocycles. The molecule has 21 heavy (non-hydrogen) atoms. The Bertz CT molecular complexity index is 664. The monoisotopic (exact) mass is 377 g/mol. The Labute approximate surface area is 134 Å². The van der Waals surface area contributed by atoms with E-state index >= 15 is 0 Å². The molecule has 2 aromatic carbocycles. The van der Waals surface area contributed by atoms with Crippen LogP contribution in [-0.4, -0.2) is 6.54 Å². The second-order valence-electron chi connectivity index (χ2n) is 4.44. The molecule has 2 aromatic rings. The molecular formula is C15H12BrClF3N. The van der Waals surface area contributed by atoms with Crippen LogP contribution in [0.1, 0.15) is 24.1 Å². The molecule has 0 fully saturated rings. The van der Waals surface area contributed by atoms with Gasteiger partial charge < -0.3 is 5.32 Å². The van der Waals surface area contributed by atoms with Crippen LogP contribution in [0.15, 0.2) is 34.8 Å². The maximum absolute atomic E-state index is 14.1. The summed E-state index contributed by atoms with van der Waals surface area (Å²) in [4.78, 5) is 0. The highest BCUT2D eigenvalue weighted by Gasteiger charge is 2.21. The van der Waals surface area contributed by atoms with Crippen LogP contribution in [0.5, 0.6) is 0 Å². The first kappa shape index (κ1) is 16.3. The first-order chi connectivity index (χ1) is 9.93. The zero-order valence-electron chi connectivity index (χ0n) is 11.1. The predicted molar refractivity (Wildman–Crippen MR) is 81.0 cm³/mol. The number of halogens is 5. The van der Waals surface area contributed by atoms with E-state index in [0.29, 0.717) is 22.1 Å². The molecule has 0 spiro atoms. The minimum atomic E-state index is -1.03. The van der Waals surface area contributed by atoms with Gasteiger partial charge in [-0.3, -0.25) is 0 Å². The first-order valence-corrected chi connectivity index (χ1v) is 7.44. The molecule has 6 heteroatoms. The third-order valence-corrected chi connectivity index (χ3v) is 3.85. The van der Waals surface area contributed by atoms with E-state index in [0.717, 1.165) is 12.1 Å². The first-order valence-electron chi connectivity index (χ1n) is 6.26. The summed E-state index contributed by atoms with van der Waals surface area (Å²) < 4.78 is 41.4. The second kappa shape index (κ2) is 6.81. The van der Waals surface area contributed by atoms with Crippen molar-refractivity contribution in [2.24, 2.45) is 0 Å². The Hall–Kier alpha value is -1.04. The molecule has 0 aliphatic rings. The third kappa shape index (κ3) is 3.59. The van der Waals surface area contributed by atoms with Crippen molar-refractivity contribution in [3.05, 3.63) is 68.4 Å². The van der Waals surface area contributed by atoms with Gasteiger partial charge in [0.15, 0.2) is 11.6 Å². The molecule has 0 bridgehead atoms. The van der Waals surface area contributed by atoms with Gasteiger partial charge in [-0.15, -0.1) is 0 Å². The smallest absolute Gasteiger partial charge is 0.160 e. The molecule has 0 radical (unpaired) electrons. The lowest BCUT2D eigenvalue weighted by Crippen LogP contribution is -2.23. The summed E-state index contributed by atoms with van der Waals surface area (Å²) in [5.74, 6) is -2.51. The van der Waals surface area contributed by atoms with Crippen LogP contribution in [0.3, 0.4) is 0 Å². The largest absolute Gasteiger partial charge is 0.306 e. The van der Waals surface area contributed by atoms with Gasteiger partial charge in [-0.1, -0.05) is 40.5 Å². The Kier molecular flexibility index (Phi) is 5.30. The van der Waals surface area contributed by atoms with Gasteiger partial charge in [0.25, 0.3) is 0 Å². The van der Waals surface area contributed by atoms with Gasteiger partial charge in [-0.25, -0.2) is 13.2 Å². The highest BCUT2D eigenvalue weighted by atomic mass is 79.9. The number of benzene rings is 2. The van der Waals surface area contributed by atoms with Crippen LogP contribution in [0.25, 0.3) is 0 Å². The Morgan fingerprint density at radius 3 is 2.33 bits per heavy atom. The molecule has 0 saturated carbocycles. The van der Waals surface area contributed by atoms with E-state index in [1.165, 1.54) is 6.07 Å². The highest BCUT2D eigenvalue weighted by molar-refractivity contribution is 9.10. The summed E-state index contributed by atoms with van der Waals surface area (Å²) in [6, 6.07) is 5.79. The summed E-state index contributed by atoms with van der Waals surface area (Å²) in [5, 5.41) is 3.08. The number of rotatable bonds is 4. The standard InChI is InChI=1S/C15H12BrClF3N/c1-2-21-15(9-4-3-8(16)5-12(9)18)10-6-13(19)14(20)7-11(10)17/h3-7,15,21H,2H2,1H3. The average molecular weight is 379 g/mol. The van der Waals surface area contributed by atoms with E-state index in [4.69, 9.17) is 11.6 Å². The predicted octanol–water partition coefficient (Wildman–Crippen LogP) is 5.22. The quantitative estimate of drug-likeness (QED) is 0.719. The van der Waals surface area contributed by atoms with E-state index in [1.54, 1.807) is 12.1 Å². The lowest BCUT2D eigenvalue weighted by molar-refractivity contribution is 0.502. The number of hydrogen-bond acceptors (Lipinski definition) is 1. The van der Waals surface area contributed by atoms with Gasteiger partial charge in [0, 0.05) is 15.1 Å². The van der Waals surface area contributed by atoms with Crippen LogP contribution in [-0.2, 0) is 0 Å². The van der Waals surface area contributed by atoms with Gasteiger partial charge in [0.05, 0.1) is 6.04 Å². The Morgan fingerprint density at radius 1 is 1.05 bits per heavy atom. The van der Waals surface area contributed by atoms with Crippen molar-refractivity contribution in [2.45, 2.75) is 13.0 Å². The average Bonchev–Trinajstić information content (AvgIpc) is 2.41. The Morgan fingerprint density at radius 2 is 1.71 bits per heavy atom. The van der Waals surface area contributed by atoms with E-state index in [9.17, 15) is 13.2 Å². The zero-order valence-corrected chi connectivity index (χ0v) is 13.4. The van der Waals surface area contributed by atoms with E-state index in [2.05, 4.69) is 21.2 Å². The Balaban J connectivity index is 2.55. The maximum atomic E-state index is 14.1. The minimum Gasteiger partial charge on any atom is -0.306 e. The summed E-state index contributed by atoms with van der Waals surface area (Å²) in [6.45, 7) is 2.34. The number of nitrogens with one attached hydrogen (secondary N) is 1. The molecule has 1 unspecified atom stereocenters. The summed E-state index contributed by atoms with van der Waals surface area (Å²) in [7, 11) is 0. The van der Waals surface area contributed by atoms with Crippen LogP contribution in [0.4, 0.5) is 13.2 Å². The van der Waals surface area contributed by atoms with E-state index < -0.39 is 23.5 Å². The van der Waals surface area contributed by atoms with Crippen molar-refractivity contribution in [2.75, 3.05) is 6.54 Å². The topological polar surface area (TPSA) is 12.0 Å². The van der Waals surface area contributed by atoms with Crippen molar-refractivity contribution >= 4 is 27.5 Å². The van der Waals surface area contributed by atoms with Gasteiger partial charge in [-0.2, -0.15) is 0 Å². The molecule has 112 valence electrons. The molecule has 0 amide bonds. The lowest BCUT2D eigenvalue weighted by Gasteiger charge is -2.21. The summed E-state index contributed by atoms with van der Waals surface area (Å²) in [6.07, 6.45) is 0. The molecule has 2 rings (SSSR count). The lowest BCUT2D eigenvalue weighted by atomic mass is 9.97. The van der Waals surface area contributed by atoms with Gasteiger partial charge in [0.2, 0.25) is 0 Å². The molecule has 0 aliphatic carbocycles. The SMILES string of the molecule is CCNC(c1ccc(Br)cc1F)c1cc(F)c(F)cc1Cl. The third-order valence-electron chi connectivity index (χ3n) is 3.03. The fraction of sp³-hybridized carbons (Fsp3) is 0.200. The summed E-state index contributed by atoms with van der Waals surface area (Å²) >= 11 is 9.17. The maximum Gasteiger partial charge on any atom is 0.160 e. The highest BCUT2D eigenvalue weighted by Crippen LogP contribution is 2.32. The molecule has 1 nitrogen and oxygen atoms in total. The van der Waals surface area contributed by atoms with Crippen molar-refractivity contribution in [3.63, 3.8) is 0 Å².